The van der Waals surface area contributed by atoms with Gasteiger partial charge < -0.3 is 14.8 Å². The SMILES string of the molecule is COc1cccc(C=NN2C(=O)[C@@H]3[C@H](C2=O)[C@H]2C=C[C@H]3C2)c1OCC(=O)Nc1ccc(F)cc1. The van der Waals surface area contributed by atoms with E-state index < -0.39 is 11.7 Å². The number of imide groups is 1. The number of nitrogens with one attached hydrogen (secondary N) is 1. The molecule has 0 radical (unpaired) electrons. The largest absolute Gasteiger partial charge is 0.493 e. The number of benzene rings is 2. The number of allylic oxidation sites excluding steroid dienone is 2. The number of nitrogens with zero attached hydrogens (tertiary/aromatic N) is 2. The Kier molecular flexibility index (Phi) is 5.61. The molecule has 174 valence electrons. The second-order valence-corrected chi connectivity index (χ2v) is 8.46. The van der Waals surface area contributed by atoms with Crippen molar-refractivity contribution in [2.45, 2.75) is 6.42 Å². The van der Waals surface area contributed by atoms with Gasteiger partial charge in [-0.25, -0.2) is 4.39 Å². The third-order valence-electron chi connectivity index (χ3n) is 6.46. The molecule has 0 aromatic heterocycles. The molecule has 8 nitrogen and oxygen atoms in total. The fourth-order valence-electron chi connectivity index (χ4n) is 4.94. The second kappa shape index (κ2) is 8.74. The standard InChI is InChI=1S/C25H22FN3O5/c1-33-19-4-2-3-16(23(19)34-13-20(30)28-18-9-7-17(26)8-10-18)12-27-29-24(31)21-14-5-6-15(11-14)22(21)25(29)32/h2-10,12,14-15,21-22H,11,13H2,1H3,(H,28,30)/t14-,15-,21-,22+/m0/s1. The van der Waals surface area contributed by atoms with E-state index in [9.17, 15) is 18.8 Å². The van der Waals surface area contributed by atoms with Crippen LogP contribution in [0.15, 0.2) is 59.7 Å². The Morgan fingerprint density at radius 1 is 1.12 bits per heavy atom. The number of amides is 3. The summed E-state index contributed by atoms with van der Waals surface area (Å²) in [5.41, 5.74) is 0.865. The zero-order chi connectivity index (χ0) is 23.8. The van der Waals surface area contributed by atoms with Gasteiger partial charge in [0.05, 0.1) is 25.2 Å². The number of hydrogen-bond donors (Lipinski definition) is 1. The monoisotopic (exact) mass is 463 g/mol. The zero-order valence-electron chi connectivity index (χ0n) is 18.3. The van der Waals surface area contributed by atoms with Crippen molar-refractivity contribution < 1.29 is 28.2 Å². The Balaban J connectivity index is 1.30. The number of halogens is 1. The first-order valence-electron chi connectivity index (χ1n) is 10.9. The van der Waals surface area contributed by atoms with Gasteiger partial charge in [0, 0.05) is 11.3 Å². The van der Waals surface area contributed by atoms with E-state index in [-0.39, 0.29) is 47.8 Å². The van der Waals surface area contributed by atoms with Crippen LogP contribution in [0, 0.1) is 29.5 Å². The molecular weight excluding hydrogens is 441 g/mol. The molecule has 2 aromatic rings. The summed E-state index contributed by atoms with van der Waals surface area (Å²) in [6.07, 6.45) is 6.25. The molecule has 0 spiro atoms. The highest BCUT2D eigenvalue weighted by atomic mass is 19.1. The summed E-state index contributed by atoms with van der Waals surface area (Å²) in [5, 5.41) is 7.75. The topological polar surface area (TPSA) is 97.3 Å². The van der Waals surface area contributed by atoms with Crippen molar-refractivity contribution in [2.24, 2.45) is 28.8 Å². The van der Waals surface area contributed by atoms with E-state index >= 15 is 0 Å². The highest BCUT2D eigenvalue weighted by Gasteiger charge is 2.59. The Morgan fingerprint density at radius 3 is 2.44 bits per heavy atom. The predicted molar refractivity (Wildman–Crippen MR) is 121 cm³/mol. The van der Waals surface area contributed by atoms with Gasteiger partial charge in [0.1, 0.15) is 5.82 Å². The average molecular weight is 463 g/mol. The minimum atomic E-state index is -0.457. The number of ether oxygens (including phenoxy) is 2. The molecule has 1 saturated carbocycles. The van der Waals surface area contributed by atoms with Gasteiger partial charge in [0.15, 0.2) is 18.1 Å². The predicted octanol–water partition coefficient (Wildman–Crippen LogP) is 2.99. The third-order valence-corrected chi connectivity index (χ3v) is 6.46. The normalized spacial score (nSPS) is 24.7. The number of fused-ring (bicyclic) bond motifs is 5. The van der Waals surface area contributed by atoms with E-state index in [0.717, 1.165) is 11.4 Å². The van der Waals surface area contributed by atoms with Gasteiger partial charge in [0.2, 0.25) is 0 Å². The van der Waals surface area contributed by atoms with Crippen molar-refractivity contribution in [1.82, 2.24) is 5.01 Å². The highest BCUT2D eigenvalue weighted by molar-refractivity contribution is 6.07. The first-order valence-corrected chi connectivity index (χ1v) is 10.9. The van der Waals surface area contributed by atoms with Gasteiger partial charge in [0.25, 0.3) is 17.7 Å². The molecule has 2 aliphatic carbocycles. The van der Waals surface area contributed by atoms with Crippen molar-refractivity contribution >= 4 is 29.6 Å². The van der Waals surface area contributed by atoms with E-state index in [2.05, 4.69) is 10.4 Å². The number of hydrazone groups is 1. The van der Waals surface area contributed by atoms with Crippen molar-refractivity contribution in [2.75, 3.05) is 19.0 Å². The molecule has 2 aromatic carbocycles. The molecule has 2 fully saturated rings. The first-order chi connectivity index (χ1) is 16.5. The third kappa shape index (κ3) is 3.83. The summed E-state index contributed by atoms with van der Waals surface area (Å²) in [5.74, 6) is -1.31. The van der Waals surface area contributed by atoms with Gasteiger partial charge in [-0.05, 0) is 54.7 Å². The Hall–Kier alpha value is -4.01. The summed E-state index contributed by atoms with van der Waals surface area (Å²) in [7, 11) is 1.46. The Morgan fingerprint density at radius 2 is 1.79 bits per heavy atom. The molecule has 0 unspecified atom stereocenters. The molecule has 1 saturated heterocycles. The van der Waals surface area contributed by atoms with Gasteiger partial charge in [-0.2, -0.15) is 10.1 Å². The average Bonchev–Trinajstić information content (AvgIpc) is 3.52. The van der Waals surface area contributed by atoms with Gasteiger partial charge in [-0.3, -0.25) is 14.4 Å². The van der Waals surface area contributed by atoms with E-state index in [4.69, 9.17) is 9.47 Å². The Bertz CT molecular complexity index is 1180. The lowest BCUT2D eigenvalue weighted by Gasteiger charge is -2.14. The molecule has 1 N–H and O–H groups in total. The van der Waals surface area contributed by atoms with E-state index in [1.807, 2.05) is 12.2 Å². The van der Waals surface area contributed by atoms with Crippen LogP contribution in [0.25, 0.3) is 0 Å². The number of anilines is 1. The number of carbonyl (C=O) groups excluding carboxylic acids is 3. The van der Waals surface area contributed by atoms with Gasteiger partial charge in [-0.15, -0.1) is 0 Å². The second-order valence-electron chi connectivity index (χ2n) is 8.46. The van der Waals surface area contributed by atoms with Crippen LogP contribution in [0.2, 0.25) is 0 Å². The van der Waals surface area contributed by atoms with Gasteiger partial charge >= 0.3 is 0 Å². The van der Waals surface area contributed by atoms with Crippen molar-refractivity contribution in [3.63, 3.8) is 0 Å². The minimum Gasteiger partial charge on any atom is -0.493 e. The number of para-hydroxylation sites is 1. The van der Waals surface area contributed by atoms with Crippen LogP contribution in [0.3, 0.4) is 0 Å². The van der Waals surface area contributed by atoms with Crippen molar-refractivity contribution in [1.29, 1.82) is 0 Å². The molecule has 34 heavy (non-hydrogen) atoms. The van der Waals surface area contributed by atoms with Crippen LogP contribution in [-0.2, 0) is 14.4 Å². The van der Waals surface area contributed by atoms with Crippen molar-refractivity contribution in [3.8, 4) is 11.5 Å². The maximum absolute atomic E-state index is 13.0. The molecule has 4 atom stereocenters. The molecular formula is C25H22FN3O5. The fourth-order valence-corrected chi connectivity index (χ4v) is 4.94. The lowest BCUT2D eigenvalue weighted by Crippen LogP contribution is -2.28. The van der Waals surface area contributed by atoms with Crippen LogP contribution < -0.4 is 14.8 Å². The van der Waals surface area contributed by atoms with Gasteiger partial charge in [-0.1, -0.05) is 18.2 Å². The number of hydrogen-bond acceptors (Lipinski definition) is 6. The van der Waals surface area contributed by atoms with Crippen LogP contribution in [0.1, 0.15) is 12.0 Å². The molecule has 1 heterocycles. The number of carbonyl (C=O) groups is 3. The lowest BCUT2D eigenvalue weighted by molar-refractivity contribution is -0.140. The van der Waals surface area contributed by atoms with Crippen LogP contribution >= 0.6 is 0 Å². The maximum Gasteiger partial charge on any atom is 0.262 e. The Labute approximate surface area is 195 Å². The van der Waals surface area contributed by atoms with E-state index in [0.29, 0.717) is 17.0 Å². The molecule has 3 amide bonds. The smallest absolute Gasteiger partial charge is 0.262 e. The molecule has 5 rings (SSSR count). The molecule has 9 heteroatoms. The maximum atomic E-state index is 13.0. The summed E-state index contributed by atoms with van der Waals surface area (Å²) in [6, 6.07) is 10.4. The van der Waals surface area contributed by atoms with Crippen LogP contribution in [0.5, 0.6) is 11.5 Å². The number of methoxy groups -OCH3 is 1. The van der Waals surface area contributed by atoms with E-state index in [1.54, 1.807) is 18.2 Å². The van der Waals surface area contributed by atoms with Crippen molar-refractivity contribution in [3.05, 3.63) is 66.0 Å². The van der Waals surface area contributed by atoms with Crippen LogP contribution in [-0.4, -0.2) is 42.7 Å². The molecule has 3 aliphatic rings. The lowest BCUT2D eigenvalue weighted by atomic mass is 9.85. The molecule has 1 aliphatic heterocycles. The van der Waals surface area contributed by atoms with E-state index in [1.165, 1.54) is 37.6 Å². The minimum absolute atomic E-state index is 0.0991. The highest BCUT2D eigenvalue weighted by Crippen LogP contribution is 2.52. The summed E-state index contributed by atoms with van der Waals surface area (Å²) < 4.78 is 24.1. The summed E-state index contributed by atoms with van der Waals surface area (Å²) >= 11 is 0. The summed E-state index contributed by atoms with van der Waals surface area (Å²) in [4.78, 5) is 38.0. The summed E-state index contributed by atoms with van der Waals surface area (Å²) in [6.45, 7) is -0.348. The zero-order valence-corrected chi connectivity index (χ0v) is 18.3. The first kappa shape index (κ1) is 21.8. The number of rotatable bonds is 7. The quantitative estimate of drug-likeness (QED) is 0.387. The van der Waals surface area contributed by atoms with Crippen LogP contribution in [0.4, 0.5) is 10.1 Å². The fraction of sp³-hybridized carbons (Fsp3) is 0.280. The molecule has 2 bridgehead atoms.